The quantitative estimate of drug-likeness (QED) is 0.442. The van der Waals surface area contributed by atoms with Crippen molar-refractivity contribution in [1.29, 1.82) is 0 Å². The molecule has 1 fully saturated rings. The molecule has 5 rings (SSSR count). The van der Waals surface area contributed by atoms with Crippen LogP contribution in [0.5, 0.6) is 0 Å². The largest absolute Gasteiger partial charge is 0.367 e. The number of piperidine rings is 1. The number of nitrogens with zero attached hydrogens (tertiary/aromatic N) is 2. The van der Waals surface area contributed by atoms with E-state index in [9.17, 15) is 18.0 Å². The molecule has 2 aliphatic rings. The highest BCUT2D eigenvalue weighted by atomic mass is 32.2. The zero-order valence-corrected chi connectivity index (χ0v) is 21.7. The van der Waals surface area contributed by atoms with Crippen molar-refractivity contribution in [1.82, 2.24) is 9.21 Å². The first-order valence-electron chi connectivity index (χ1n) is 12.6. The van der Waals surface area contributed by atoms with Crippen LogP contribution in [0.15, 0.2) is 95.5 Å². The minimum atomic E-state index is -4.36. The van der Waals surface area contributed by atoms with Gasteiger partial charge in [-0.25, -0.2) is 8.42 Å². The van der Waals surface area contributed by atoms with Gasteiger partial charge in [0, 0.05) is 37.3 Å². The Bertz CT molecular complexity index is 1400. The molecule has 190 valence electrons. The highest BCUT2D eigenvalue weighted by molar-refractivity contribution is 7.94. The van der Waals surface area contributed by atoms with Gasteiger partial charge in [-0.2, -0.15) is 4.31 Å². The summed E-state index contributed by atoms with van der Waals surface area (Å²) in [6.45, 7) is 3.38. The summed E-state index contributed by atoms with van der Waals surface area (Å²) in [5.41, 5.74) is 2.01. The number of rotatable bonds is 7. The Labute approximate surface area is 218 Å². The smallest absolute Gasteiger partial charge is 0.249 e. The molecule has 1 aliphatic heterocycles. The van der Waals surface area contributed by atoms with Gasteiger partial charge in [-0.05, 0) is 29.9 Å². The van der Waals surface area contributed by atoms with Gasteiger partial charge in [-0.15, -0.1) is 0 Å². The lowest BCUT2D eigenvalue weighted by molar-refractivity contribution is 0.0932. The summed E-state index contributed by atoms with van der Waals surface area (Å²) in [6, 6.07) is 25.1. The zero-order chi connectivity index (χ0) is 26.0. The molecule has 3 aromatic carbocycles. The summed E-state index contributed by atoms with van der Waals surface area (Å²) >= 11 is 0. The van der Waals surface area contributed by atoms with Gasteiger partial charge < -0.3 is 4.90 Å². The number of hydrogen-bond donors (Lipinski definition) is 0. The Kier molecular flexibility index (Phi) is 7.09. The third-order valence-corrected chi connectivity index (χ3v) is 8.99. The van der Waals surface area contributed by atoms with Crippen molar-refractivity contribution in [3.05, 3.63) is 118 Å². The van der Waals surface area contributed by atoms with Crippen LogP contribution in [0.2, 0.25) is 0 Å². The van der Waals surface area contributed by atoms with Crippen molar-refractivity contribution in [3.8, 4) is 0 Å². The van der Waals surface area contributed by atoms with E-state index in [0.717, 1.165) is 24.0 Å². The number of sulfonamides is 1. The number of carbonyl (C=O) groups excluding carboxylic acids is 2. The van der Waals surface area contributed by atoms with Gasteiger partial charge >= 0.3 is 0 Å². The fourth-order valence-electron chi connectivity index (χ4n) is 5.03. The lowest BCUT2D eigenvalue weighted by Gasteiger charge is -2.36. The highest BCUT2D eigenvalue weighted by Gasteiger charge is 2.44. The van der Waals surface area contributed by atoms with E-state index in [1.807, 2.05) is 65.6 Å². The molecule has 0 atom stereocenters. The Morgan fingerprint density at radius 2 is 1.19 bits per heavy atom. The molecular weight excluding hydrogens is 484 g/mol. The Hall–Kier alpha value is -3.55. The van der Waals surface area contributed by atoms with Crippen LogP contribution in [0.3, 0.4) is 0 Å². The predicted molar refractivity (Wildman–Crippen MR) is 143 cm³/mol. The molecule has 1 saturated heterocycles. The molecule has 3 aromatic rings. The van der Waals surface area contributed by atoms with Crippen LogP contribution in [-0.2, 0) is 23.1 Å². The van der Waals surface area contributed by atoms with Crippen LogP contribution < -0.4 is 0 Å². The maximum atomic E-state index is 14.4. The van der Waals surface area contributed by atoms with E-state index >= 15 is 0 Å². The first kappa shape index (κ1) is 25.1. The molecule has 7 heteroatoms. The maximum absolute atomic E-state index is 14.4. The summed E-state index contributed by atoms with van der Waals surface area (Å²) in [4.78, 5) is 29.1. The van der Waals surface area contributed by atoms with Gasteiger partial charge in [0.15, 0.2) is 4.91 Å². The summed E-state index contributed by atoms with van der Waals surface area (Å²) in [7, 11) is -4.36. The van der Waals surface area contributed by atoms with E-state index in [4.69, 9.17) is 0 Å². The van der Waals surface area contributed by atoms with E-state index < -0.39 is 26.5 Å². The second-order valence-electron chi connectivity index (χ2n) is 9.80. The topological polar surface area (TPSA) is 74.8 Å². The third kappa shape index (κ3) is 5.02. The summed E-state index contributed by atoms with van der Waals surface area (Å²) in [5, 5.41) is 0. The van der Waals surface area contributed by atoms with Crippen LogP contribution in [-0.4, -0.2) is 42.3 Å². The average molecular weight is 515 g/mol. The standard InChI is InChI=1S/C30H30N2O4S/c1-22-16-18-31(19-17-22)27-28(33)25-14-8-9-15-26(25)29(34)30(27)37(35,36)32(20-23-10-4-2-5-11-23)21-24-12-6-3-7-13-24/h2-15,22H,16-21H2,1H3. The van der Waals surface area contributed by atoms with Crippen LogP contribution in [0.25, 0.3) is 0 Å². The Morgan fingerprint density at radius 1 is 0.730 bits per heavy atom. The molecule has 0 spiro atoms. The van der Waals surface area contributed by atoms with E-state index in [1.54, 1.807) is 24.3 Å². The zero-order valence-electron chi connectivity index (χ0n) is 20.8. The number of Topliss-reactive ketones (excluding diaryl/α,β-unsaturated/α-hetero) is 2. The first-order chi connectivity index (χ1) is 17.9. The molecule has 6 nitrogen and oxygen atoms in total. The van der Waals surface area contributed by atoms with Gasteiger partial charge in [0.05, 0.1) is 0 Å². The molecule has 1 aliphatic carbocycles. The Balaban J connectivity index is 1.66. The second kappa shape index (κ2) is 10.4. The number of fused-ring (bicyclic) bond motifs is 1. The van der Waals surface area contributed by atoms with Crippen LogP contribution >= 0.6 is 0 Å². The summed E-state index contributed by atoms with van der Waals surface area (Å²) in [5.74, 6) is -0.538. The van der Waals surface area contributed by atoms with Crippen molar-refractivity contribution < 1.29 is 18.0 Å². The fourth-order valence-corrected chi connectivity index (χ4v) is 6.73. The number of ketones is 2. The highest BCUT2D eigenvalue weighted by Crippen LogP contribution is 2.35. The first-order valence-corrected chi connectivity index (χ1v) is 14.1. The van der Waals surface area contributed by atoms with Gasteiger partial charge in [0.1, 0.15) is 5.70 Å². The van der Waals surface area contributed by atoms with E-state index in [2.05, 4.69) is 6.92 Å². The number of hydrogen-bond acceptors (Lipinski definition) is 5. The van der Waals surface area contributed by atoms with Crippen molar-refractivity contribution >= 4 is 21.6 Å². The van der Waals surface area contributed by atoms with Crippen LogP contribution in [0, 0.1) is 5.92 Å². The third-order valence-electron chi connectivity index (χ3n) is 7.15. The molecule has 1 heterocycles. The molecule has 0 amide bonds. The van der Waals surface area contributed by atoms with Gasteiger partial charge in [0.25, 0.3) is 0 Å². The lowest BCUT2D eigenvalue weighted by atomic mass is 9.90. The maximum Gasteiger partial charge on any atom is 0.249 e. The molecule has 0 aromatic heterocycles. The average Bonchev–Trinajstić information content (AvgIpc) is 2.92. The monoisotopic (exact) mass is 514 g/mol. The van der Waals surface area contributed by atoms with Crippen molar-refractivity contribution in [2.45, 2.75) is 32.9 Å². The SMILES string of the molecule is CC1CCN(C2=C(S(=O)(=O)N(Cc3ccccc3)Cc3ccccc3)C(=O)c3ccccc3C2=O)CC1. The van der Waals surface area contributed by atoms with Crippen molar-refractivity contribution in [2.24, 2.45) is 5.92 Å². The number of likely N-dealkylation sites (tertiary alicyclic amines) is 1. The minimum absolute atomic E-state index is 0.0155. The van der Waals surface area contributed by atoms with Gasteiger partial charge in [-0.1, -0.05) is 91.9 Å². The van der Waals surface area contributed by atoms with Crippen molar-refractivity contribution in [3.63, 3.8) is 0 Å². The molecule has 0 N–H and O–H groups in total. The van der Waals surface area contributed by atoms with Crippen LogP contribution in [0.1, 0.15) is 51.6 Å². The Morgan fingerprint density at radius 3 is 1.70 bits per heavy atom. The van der Waals surface area contributed by atoms with Crippen LogP contribution in [0.4, 0.5) is 0 Å². The minimum Gasteiger partial charge on any atom is -0.367 e. The second-order valence-corrected chi connectivity index (χ2v) is 11.7. The number of carbonyl (C=O) groups is 2. The summed E-state index contributed by atoms with van der Waals surface area (Å²) < 4.78 is 30.2. The van der Waals surface area contributed by atoms with E-state index in [0.29, 0.717) is 19.0 Å². The normalized spacial score (nSPS) is 16.9. The molecule has 37 heavy (non-hydrogen) atoms. The number of allylic oxidation sites excluding steroid dienone is 2. The van der Waals surface area contributed by atoms with Gasteiger partial charge in [0.2, 0.25) is 21.6 Å². The molecular formula is C30H30N2O4S. The molecule has 0 saturated carbocycles. The van der Waals surface area contributed by atoms with E-state index in [1.165, 1.54) is 4.31 Å². The molecule has 0 unspecified atom stereocenters. The molecule has 0 bridgehead atoms. The molecule has 0 radical (unpaired) electrons. The van der Waals surface area contributed by atoms with E-state index in [-0.39, 0.29) is 29.9 Å². The van der Waals surface area contributed by atoms with Gasteiger partial charge in [-0.3, -0.25) is 9.59 Å². The van der Waals surface area contributed by atoms with Crippen molar-refractivity contribution in [2.75, 3.05) is 13.1 Å². The predicted octanol–water partition coefficient (Wildman–Crippen LogP) is 5.04. The number of benzene rings is 3. The lowest BCUT2D eigenvalue weighted by Crippen LogP contribution is -2.43. The fraction of sp³-hybridized carbons (Fsp3) is 0.267. The summed E-state index contributed by atoms with van der Waals surface area (Å²) in [6.07, 6.45) is 1.66.